The fourth-order valence-electron chi connectivity index (χ4n) is 1.42. The van der Waals surface area contributed by atoms with Gasteiger partial charge in [0.25, 0.3) is 5.91 Å². The number of nitrogens with one attached hydrogen (secondary N) is 2. The van der Waals surface area contributed by atoms with Gasteiger partial charge in [-0.1, -0.05) is 23.2 Å². The first-order valence-corrected chi connectivity index (χ1v) is 7.15. The molecule has 0 heterocycles. The van der Waals surface area contributed by atoms with E-state index in [1.165, 1.54) is 6.07 Å². The number of carbonyl (C=O) groups excluding carboxylic acids is 2. The molecule has 0 radical (unpaired) electrons. The molecule has 0 aromatic heterocycles. The van der Waals surface area contributed by atoms with E-state index in [9.17, 15) is 9.59 Å². The number of carbonyl (C=O) groups is 2. The lowest BCUT2D eigenvalue weighted by Crippen LogP contribution is -2.37. The normalized spacial score (nSPS) is 10.9. The van der Waals surface area contributed by atoms with Crippen LogP contribution >= 0.6 is 23.2 Å². The van der Waals surface area contributed by atoms with Crippen LogP contribution in [0.1, 0.15) is 31.1 Å². The van der Waals surface area contributed by atoms with Gasteiger partial charge in [-0.25, -0.2) is 4.79 Å². The SMILES string of the molecule is CC(C)(C)OC(=O)NCCNC(=O)c1cc(Cl)ccc1Cl. The van der Waals surface area contributed by atoms with Gasteiger partial charge < -0.3 is 15.4 Å². The van der Waals surface area contributed by atoms with Crippen LogP contribution in [0.15, 0.2) is 18.2 Å². The zero-order valence-electron chi connectivity index (χ0n) is 12.1. The summed E-state index contributed by atoms with van der Waals surface area (Å²) in [5, 5.41) is 5.91. The Bertz CT molecular complexity index is 527. The van der Waals surface area contributed by atoms with Crippen LogP contribution in [0.4, 0.5) is 4.79 Å². The molecule has 0 atom stereocenters. The highest BCUT2D eigenvalue weighted by Gasteiger charge is 2.15. The minimum atomic E-state index is -0.554. The lowest BCUT2D eigenvalue weighted by molar-refractivity contribution is 0.0526. The Morgan fingerprint density at radius 3 is 2.38 bits per heavy atom. The van der Waals surface area contributed by atoms with Crippen LogP contribution in [0, 0.1) is 0 Å². The van der Waals surface area contributed by atoms with Gasteiger partial charge in [0.2, 0.25) is 0 Å². The first kappa shape index (κ1) is 17.6. The van der Waals surface area contributed by atoms with Crippen LogP contribution in [-0.4, -0.2) is 30.7 Å². The maximum atomic E-state index is 11.9. The van der Waals surface area contributed by atoms with E-state index in [0.717, 1.165) is 0 Å². The van der Waals surface area contributed by atoms with Crippen molar-refractivity contribution in [2.24, 2.45) is 0 Å². The number of benzene rings is 1. The number of alkyl carbamates (subject to hydrolysis) is 1. The monoisotopic (exact) mass is 332 g/mol. The van der Waals surface area contributed by atoms with E-state index in [-0.39, 0.29) is 19.0 Å². The van der Waals surface area contributed by atoms with Gasteiger partial charge in [0.1, 0.15) is 5.60 Å². The molecule has 0 unspecified atom stereocenters. The molecule has 21 heavy (non-hydrogen) atoms. The molecule has 0 saturated heterocycles. The molecule has 0 bridgehead atoms. The molecular formula is C14H18Cl2N2O3. The lowest BCUT2D eigenvalue weighted by atomic mass is 10.2. The molecule has 2 N–H and O–H groups in total. The van der Waals surface area contributed by atoms with Crippen molar-refractivity contribution in [3.05, 3.63) is 33.8 Å². The van der Waals surface area contributed by atoms with Gasteiger partial charge in [-0.05, 0) is 39.0 Å². The number of halogens is 2. The molecule has 0 aliphatic rings. The largest absolute Gasteiger partial charge is 0.444 e. The van der Waals surface area contributed by atoms with E-state index in [4.69, 9.17) is 27.9 Å². The average molecular weight is 333 g/mol. The van der Waals surface area contributed by atoms with Crippen LogP contribution < -0.4 is 10.6 Å². The summed E-state index contributed by atoms with van der Waals surface area (Å²) < 4.78 is 5.06. The molecule has 1 rings (SSSR count). The van der Waals surface area contributed by atoms with Crippen molar-refractivity contribution in [3.8, 4) is 0 Å². The van der Waals surface area contributed by atoms with Crippen LogP contribution in [0.5, 0.6) is 0 Å². The fourth-order valence-corrected chi connectivity index (χ4v) is 1.80. The molecule has 0 aliphatic carbocycles. The average Bonchev–Trinajstić information content (AvgIpc) is 2.35. The van der Waals surface area contributed by atoms with E-state index in [2.05, 4.69) is 10.6 Å². The second kappa shape index (κ2) is 7.52. The highest BCUT2D eigenvalue weighted by Crippen LogP contribution is 2.20. The van der Waals surface area contributed by atoms with Crippen molar-refractivity contribution in [1.29, 1.82) is 0 Å². The first-order valence-electron chi connectivity index (χ1n) is 6.39. The minimum absolute atomic E-state index is 0.249. The predicted molar refractivity (Wildman–Crippen MR) is 83.0 cm³/mol. The van der Waals surface area contributed by atoms with E-state index in [1.807, 2.05) is 0 Å². The van der Waals surface area contributed by atoms with Crippen LogP contribution in [0.2, 0.25) is 10.0 Å². The molecule has 5 nitrogen and oxygen atoms in total. The van der Waals surface area contributed by atoms with E-state index in [1.54, 1.807) is 32.9 Å². The van der Waals surface area contributed by atoms with E-state index < -0.39 is 11.7 Å². The summed E-state index contributed by atoms with van der Waals surface area (Å²) in [4.78, 5) is 23.3. The molecular weight excluding hydrogens is 315 g/mol. The molecule has 1 aromatic carbocycles. The highest BCUT2D eigenvalue weighted by molar-refractivity contribution is 6.35. The van der Waals surface area contributed by atoms with Crippen molar-refractivity contribution in [2.45, 2.75) is 26.4 Å². The molecule has 116 valence electrons. The third-order valence-electron chi connectivity index (χ3n) is 2.25. The van der Waals surface area contributed by atoms with Gasteiger partial charge in [0, 0.05) is 18.1 Å². The standard InChI is InChI=1S/C14H18Cl2N2O3/c1-14(2,3)21-13(20)18-7-6-17-12(19)10-8-9(15)4-5-11(10)16/h4-5,8H,6-7H2,1-3H3,(H,17,19)(H,18,20). The maximum absolute atomic E-state index is 11.9. The Balaban J connectivity index is 2.38. The molecule has 0 fully saturated rings. The van der Waals surface area contributed by atoms with Crippen molar-refractivity contribution in [2.75, 3.05) is 13.1 Å². The zero-order valence-corrected chi connectivity index (χ0v) is 13.6. The highest BCUT2D eigenvalue weighted by atomic mass is 35.5. The number of hydrogen-bond acceptors (Lipinski definition) is 3. The Morgan fingerprint density at radius 2 is 1.76 bits per heavy atom. The van der Waals surface area contributed by atoms with Crippen LogP contribution in [0.25, 0.3) is 0 Å². The Kier molecular flexibility index (Phi) is 6.30. The zero-order chi connectivity index (χ0) is 16.0. The Labute approximate surface area is 133 Å². The quantitative estimate of drug-likeness (QED) is 0.831. The van der Waals surface area contributed by atoms with Crippen molar-refractivity contribution < 1.29 is 14.3 Å². The van der Waals surface area contributed by atoms with Crippen molar-refractivity contribution in [1.82, 2.24) is 10.6 Å². The number of amides is 2. The predicted octanol–water partition coefficient (Wildman–Crippen LogP) is 3.25. The summed E-state index contributed by atoms with van der Waals surface area (Å²) in [6.45, 7) is 5.82. The van der Waals surface area contributed by atoms with Gasteiger partial charge in [-0.3, -0.25) is 4.79 Å². The van der Waals surface area contributed by atoms with Gasteiger partial charge in [-0.2, -0.15) is 0 Å². The second-order valence-corrected chi connectivity index (χ2v) is 6.15. The number of ether oxygens (including phenoxy) is 1. The topological polar surface area (TPSA) is 67.4 Å². The summed E-state index contributed by atoms with van der Waals surface area (Å²) in [6.07, 6.45) is -0.530. The summed E-state index contributed by atoms with van der Waals surface area (Å²) in [6, 6.07) is 4.64. The Morgan fingerprint density at radius 1 is 1.14 bits per heavy atom. The summed E-state index contributed by atoms with van der Waals surface area (Å²) >= 11 is 11.7. The van der Waals surface area contributed by atoms with Crippen molar-refractivity contribution >= 4 is 35.2 Å². The number of rotatable bonds is 4. The smallest absolute Gasteiger partial charge is 0.407 e. The van der Waals surface area contributed by atoms with Gasteiger partial charge in [0.05, 0.1) is 10.6 Å². The molecule has 1 aromatic rings. The molecule has 0 aliphatic heterocycles. The summed E-state index contributed by atoms with van der Waals surface area (Å²) in [5.74, 6) is -0.353. The summed E-state index contributed by atoms with van der Waals surface area (Å²) in [7, 11) is 0. The minimum Gasteiger partial charge on any atom is -0.444 e. The van der Waals surface area contributed by atoms with Crippen LogP contribution in [0.3, 0.4) is 0 Å². The van der Waals surface area contributed by atoms with Gasteiger partial charge in [0.15, 0.2) is 0 Å². The molecule has 2 amide bonds. The summed E-state index contributed by atoms with van der Waals surface area (Å²) in [5.41, 5.74) is -0.261. The second-order valence-electron chi connectivity index (χ2n) is 5.31. The van der Waals surface area contributed by atoms with Gasteiger partial charge in [-0.15, -0.1) is 0 Å². The van der Waals surface area contributed by atoms with Gasteiger partial charge >= 0.3 is 6.09 Å². The molecule has 7 heteroatoms. The number of hydrogen-bond donors (Lipinski definition) is 2. The van der Waals surface area contributed by atoms with Crippen molar-refractivity contribution in [3.63, 3.8) is 0 Å². The lowest BCUT2D eigenvalue weighted by Gasteiger charge is -2.19. The molecule has 0 spiro atoms. The maximum Gasteiger partial charge on any atom is 0.407 e. The molecule has 0 saturated carbocycles. The van der Waals surface area contributed by atoms with E-state index >= 15 is 0 Å². The van der Waals surface area contributed by atoms with E-state index in [0.29, 0.717) is 15.6 Å². The third kappa shape index (κ3) is 6.69. The Hall–Kier alpha value is -1.46. The van der Waals surface area contributed by atoms with Crippen LogP contribution in [-0.2, 0) is 4.74 Å². The fraction of sp³-hybridized carbons (Fsp3) is 0.429. The first-order chi connectivity index (χ1) is 9.69. The third-order valence-corrected chi connectivity index (χ3v) is 2.82.